The summed E-state index contributed by atoms with van der Waals surface area (Å²) < 4.78 is 13.3. The Morgan fingerprint density at radius 1 is 1.16 bits per heavy atom. The molecule has 0 unspecified atom stereocenters. The Morgan fingerprint density at radius 3 is 2.74 bits per heavy atom. The largest absolute Gasteiger partial charge is 0.313 e. The first-order valence-electron chi connectivity index (χ1n) is 6.30. The van der Waals surface area contributed by atoms with Crippen LogP contribution < -0.4 is 5.32 Å². The van der Waals surface area contributed by atoms with E-state index in [9.17, 15) is 4.39 Å². The molecule has 1 N–H and O–H groups in total. The van der Waals surface area contributed by atoms with Gasteiger partial charge in [-0.3, -0.25) is 4.98 Å². The summed E-state index contributed by atoms with van der Waals surface area (Å²) in [6.45, 7) is 3.85. The quantitative estimate of drug-likeness (QED) is 0.835. The molecule has 2 aromatic rings. The Morgan fingerprint density at radius 2 is 2.00 bits per heavy atom. The molecule has 1 aromatic heterocycles. The first-order valence-corrected chi connectivity index (χ1v) is 6.68. The first kappa shape index (κ1) is 14.0. The van der Waals surface area contributed by atoms with Crippen molar-refractivity contribution < 1.29 is 4.39 Å². The van der Waals surface area contributed by atoms with E-state index in [1.807, 2.05) is 12.3 Å². The molecule has 1 heterocycles. The first-order chi connectivity index (χ1) is 9.19. The van der Waals surface area contributed by atoms with Crippen LogP contribution in [0.2, 0.25) is 5.02 Å². The van der Waals surface area contributed by atoms with E-state index in [1.54, 1.807) is 12.3 Å². The maximum atomic E-state index is 13.3. The molecule has 0 radical (unpaired) electrons. The molecule has 1 aromatic carbocycles. The number of hydrogen-bond donors (Lipinski definition) is 1. The summed E-state index contributed by atoms with van der Waals surface area (Å²) in [6.07, 6.45) is 4.62. The number of rotatable bonds is 5. The van der Waals surface area contributed by atoms with Gasteiger partial charge in [-0.05, 0) is 48.4 Å². The molecule has 0 atom stereocenters. The van der Waals surface area contributed by atoms with E-state index in [0.29, 0.717) is 5.02 Å². The SMILES string of the molecule is CCCNCc1cncc(-c2cc(F)cc(Cl)c2)c1. The fourth-order valence-electron chi connectivity index (χ4n) is 1.87. The lowest BCUT2D eigenvalue weighted by molar-refractivity contribution is 0.628. The molecule has 0 fully saturated rings. The Hall–Kier alpha value is -1.45. The van der Waals surface area contributed by atoms with Gasteiger partial charge in [0.15, 0.2) is 0 Å². The van der Waals surface area contributed by atoms with Gasteiger partial charge in [-0.25, -0.2) is 4.39 Å². The Bertz CT molecular complexity index is 537. The molecular formula is C15H16ClFN2. The zero-order chi connectivity index (χ0) is 13.7. The summed E-state index contributed by atoms with van der Waals surface area (Å²) in [4.78, 5) is 4.19. The second-order valence-electron chi connectivity index (χ2n) is 4.42. The minimum absolute atomic E-state index is 0.336. The summed E-state index contributed by atoms with van der Waals surface area (Å²) in [5, 5.41) is 3.71. The number of hydrogen-bond acceptors (Lipinski definition) is 2. The highest BCUT2D eigenvalue weighted by atomic mass is 35.5. The molecule has 0 saturated carbocycles. The lowest BCUT2D eigenvalue weighted by Gasteiger charge is -2.07. The van der Waals surface area contributed by atoms with Gasteiger partial charge in [0.1, 0.15) is 5.82 Å². The molecule has 0 spiro atoms. The summed E-state index contributed by atoms with van der Waals surface area (Å²) in [6, 6.07) is 6.50. The van der Waals surface area contributed by atoms with Gasteiger partial charge in [0.25, 0.3) is 0 Å². The van der Waals surface area contributed by atoms with Crippen molar-refractivity contribution in [2.45, 2.75) is 19.9 Å². The zero-order valence-electron chi connectivity index (χ0n) is 10.8. The van der Waals surface area contributed by atoms with Gasteiger partial charge >= 0.3 is 0 Å². The van der Waals surface area contributed by atoms with Gasteiger partial charge in [0.05, 0.1) is 0 Å². The van der Waals surface area contributed by atoms with Crippen LogP contribution in [0.15, 0.2) is 36.7 Å². The molecule has 0 saturated heterocycles. The predicted molar refractivity (Wildman–Crippen MR) is 76.6 cm³/mol. The van der Waals surface area contributed by atoms with Gasteiger partial charge in [0.2, 0.25) is 0 Å². The van der Waals surface area contributed by atoms with E-state index in [2.05, 4.69) is 17.2 Å². The molecule has 2 rings (SSSR count). The monoisotopic (exact) mass is 278 g/mol. The van der Waals surface area contributed by atoms with Crippen LogP contribution in [0.4, 0.5) is 4.39 Å². The molecule has 0 amide bonds. The molecule has 2 nitrogen and oxygen atoms in total. The van der Waals surface area contributed by atoms with Gasteiger partial charge in [0, 0.05) is 29.5 Å². The van der Waals surface area contributed by atoms with Crippen molar-refractivity contribution in [2.75, 3.05) is 6.54 Å². The molecule has 0 aliphatic carbocycles. The normalized spacial score (nSPS) is 10.7. The average Bonchev–Trinajstić information content (AvgIpc) is 2.38. The predicted octanol–water partition coefficient (Wildman–Crippen LogP) is 4.04. The lowest BCUT2D eigenvalue weighted by Crippen LogP contribution is -2.13. The molecule has 0 aliphatic heterocycles. The summed E-state index contributed by atoms with van der Waals surface area (Å²) in [5.74, 6) is -0.336. The van der Waals surface area contributed by atoms with Crippen molar-refractivity contribution in [1.29, 1.82) is 0 Å². The topological polar surface area (TPSA) is 24.9 Å². The van der Waals surface area contributed by atoms with E-state index in [-0.39, 0.29) is 5.82 Å². The fraction of sp³-hybridized carbons (Fsp3) is 0.267. The van der Waals surface area contributed by atoms with Crippen LogP contribution in [-0.4, -0.2) is 11.5 Å². The second-order valence-corrected chi connectivity index (χ2v) is 4.85. The van der Waals surface area contributed by atoms with Crippen molar-refractivity contribution in [3.63, 3.8) is 0 Å². The van der Waals surface area contributed by atoms with Crippen LogP contribution >= 0.6 is 11.6 Å². The van der Waals surface area contributed by atoms with E-state index in [0.717, 1.165) is 36.2 Å². The van der Waals surface area contributed by atoms with Gasteiger partial charge in [-0.2, -0.15) is 0 Å². The third-order valence-corrected chi connectivity index (χ3v) is 2.96. The Kier molecular flexibility index (Phi) is 4.88. The van der Waals surface area contributed by atoms with Crippen molar-refractivity contribution >= 4 is 11.6 Å². The van der Waals surface area contributed by atoms with Crippen molar-refractivity contribution in [2.24, 2.45) is 0 Å². The third kappa shape index (κ3) is 4.01. The second kappa shape index (κ2) is 6.64. The molecule has 0 bridgehead atoms. The fourth-order valence-corrected chi connectivity index (χ4v) is 2.09. The van der Waals surface area contributed by atoms with Crippen LogP contribution in [0.5, 0.6) is 0 Å². The number of pyridine rings is 1. The van der Waals surface area contributed by atoms with Gasteiger partial charge < -0.3 is 5.32 Å². The van der Waals surface area contributed by atoms with Crippen molar-refractivity contribution in [3.05, 3.63) is 53.1 Å². The highest BCUT2D eigenvalue weighted by Gasteiger charge is 2.04. The standard InChI is InChI=1S/C15H16ClFN2/c1-2-3-18-8-11-4-13(10-19-9-11)12-5-14(16)7-15(17)6-12/h4-7,9-10,18H,2-3,8H2,1H3. The van der Waals surface area contributed by atoms with E-state index in [4.69, 9.17) is 11.6 Å². The van der Waals surface area contributed by atoms with E-state index >= 15 is 0 Å². The van der Waals surface area contributed by atoms with Crippen LogP contribution in [0.3, 0.4) is 0 Å². The van der Waals surface area contributed by atoms with E-state index < -0.39 is 0 Å². The lowest BCUT2D eigenvalue weighted by atomic mass is 10.1. The highest BCUT2D eigenvalue weighted by Crippen LogP contribution is 2.24. The maximum absolute atomic E-state index is 13.3. The van der Waals surface area contributed by atoms with Crippen molar-refractivity contribution in [1.82, 2.24) is 10.3 Å². The number of aromatic nitrogens is 1. The van der Waals surface area contributed by atoms with E-state index in [1.165, 1.54) is 12.1 Å². The summed E-state index contributed by atoms with van der Waals surface area (Å²) >= 11 is 5.87. The van der Waals surface area contributed by atoms with Crippen molar-refractivity contribution in [3.8, 4) is 11.1 Å². The minimum Gasteiger partial charge on any atom is -0.313 e. The van der Waals surface area contributed by atoms with Gasteiger partial charge in [-0.15, -0.1) is 0 Å². The van der Waals surface area contributed by atoms with Crippen LogP contribution in [0.1, 0.15) is 18.9 Å². The average molecular weight is 279 g/mol. The number of nitrogens with one attached hydrogen (secondary N) is 1. The Balaban J connectivity index is 2.22. The number of nitrogens with zero attached hydrogens (tertiary/aromatic N) is 1. The molecule has 19 heavy (non-hydrogen) atoms. The molecular weight excluding hydrogens is 263 g/mol. The zero-order valence-corrected chi connectivity index (χ0v) is 11.5. The summed E-state index contributed by atoms with van der Waals surface area (Å²) in [7, 11) is 0. The van der Waals surface area contributed by atoms with Crippen LogP contribution in [-0.2, 0) is 6.54 Å². The smallest absolute Gasteiger partial charge is 0.125 e. The minimum atomic E-state index is -0.336. The molecule has 4 heteroatoms. The molecule has 0 aliphatic rings. The Labute approximate surface area is 117 Å². The third-order valence-electron chi connectivity index (χ3n) is 2.75. The number of halogens is 2. The molecule has 100 valence electrons. The summed E-state index contributed by atoms with van der Waals surface area (Å²) in [5.41, 5.74) is 2.69. The highest BCUT2D eigenvalue weighted by molar-refractivity contribution is 6.30. The maximum Gasteiger partial charge on any atom is 0.125 e. The number of benzene rings is 1. The van der Waals surface area contributed by atoms with Crippen LogP contribution in [0, 0.1) is 5.82 Å². The van der Waals surface area contributed by atoms with Gasteiger partial charge in [-0.1, -0.05) is 18.5 Å². The van der Waals surface area contributed by atoms with Crippen LogP contribution in [0.25, 0.3) is 11.1 Å².